The Hall–Kier alpha value is -3.42. The SMILES string of the molecule is CC(=O)N1CCCc2c(-c3cc(C)cc(-c4cnco4)c3)nn(-c3c(Cl)cccc3Cl)c(=O)c21. The van der Waals surface area contributed by atoms with Crippen LogP contribution in [-0.2, 0) is 11.2 Å². The maximum Gasteiger partial charge on any atom is 0.295 e. The molecule has 0 spiro atoms. The molecule has 0 radical (unpaired) electrons. The Morgan fingerprint density at radius 1 is 1.09 bits per heavy atom. The summed E-state index contributed by atoms with van der Waals surface area (Å²) in [6.45, 7) is 3.88. The largest absolute Gasteiger partial charge is 0.444 e. The van der Waals surface area contributed by atoms with Gasteiger partial charge in [-0.3, -0.25) is 9.59 Å². The Morgan fingerprint density at radius 2 is 1.82 bits per heavy atom. The number of carbonyl (C=O) groups is 1. The second-order valence-corrected chi connectivity index (χ2v) is 9.00. The smallest absolute Gasteiger partial charge is 0.295 e. The van der Waals surface area contributed by atoms with Crippen LogP contribution >= 0.6 is 23.2 Å². The van der Waals surface area contributed by atoms with Gasteiger partial charge in [0.2, 0.25) is 5.91 Å². The van der Waals surface area contributed by atoms with Gasteiger partial charge in [-0.05, 0) is 55.7 Å². The predicted molar refractivity (Wildman–Crippen MR) is 132 cm³/mol. The molecule has 0 unspecified atom stereocenters. The van der Waals surface area contributed by atoms with Crippen molar-refractivity contribution in [2.45, 2.75) is 26.7 Å². The number of oxazole rings is 1. The highest BCUT2D eigenvalue weighted by atomic mass is 35.5. The average molecular weight is 495 g/mol. The molecule has 0 bridgehead atoms. The van der Waals surface area contributed by atoms with Crippen molar-refractivity contribution >= 4 is 34.8 Å². The summed E-state index contributed by atoms with van der Waals surface area (Å²) in [6.07, 6.45) is 4.35. The molecule has 0 atom stereocenters. The number of para-hydroxylation sites is 1. The van der Waals surface area contributed by atoms with Crippen molar-refractivity contribution in [2.75, 3.05) is 11.4 Å². The molecule has 2 aromatic heterocycles. The summed E-state index contributed by atoms with van der Waals surface area (Å²) in [6, 6.07) is 10.9. The summed E-state index contributed by atoms with van der Waals surface area (Å²) >= 11 is 12.9. The summed E-state index contributed by atoms with van der Waals surface area (Å²) in [7, 11) is 0. The molecule has 0 N–H and O–H groups in total. The fraction of sp³-hybridized carbons (Fsp3) is 0.200. The van der Waals surface area contributed by atoms with Gasteiger partial charge in [0.1, 0.15) is 11.4 Å². The van der Waals surface area contributed by atoms with Gasteiger partial charge in [0.15, 0.2) is 12.2 Å². The second-order valence-electron chi connectivity index (χ2n) is 8.19. The Kier molecular flexibility index (Phi) is 5.75. The lowest BCUT2D eigenvalue weighted by Gasteiger charge is -2.30. The van der Waals surface area contributed by atoms with Crippen LogP contribution in [0, 0.1) is 6.92 Å². The third-order valence-corrected chi connectivity index (χ3v) is 6.45. The predicted octanol–water partition coefficient (Wildman–Crippen LogP) is 5.47. The molecular formula is C25H20Cl2N4O3. The van der Waals surface area contributed by atoms with Crippen molar-refractivity contribution in [3.05, 3.63) is 80.5 Å². The van der Waals surface area contributed by atoms with Crippen molar-refractivity contribution in [2.24, 2.45) is 0 Å². The third-order valence-electron chi connectivity index (χ3n) is 5.84. The summed E-state index contributed by atoms with van der Waals surface area (Å²) in [4.78, 5) is 31.7. The number of aryl methyl sites for hydroxylation is 1. The highest BCUT2D eigenvalue weighted by Gasteiger charge is 2.30. The highest BCUT2D eigenvalue weighted by molar-refractivity contribution is 6.37. The molecular weight excluding hydrogens is 475 g/mol. The van der Waals surface area contributed by atoms with Crippen molar-refractivity contribution in [3.63, 3.8) is 0 Å². The molecule has 4 aromatic rings. The van der Waals surface area contributed by atoms with Crippen LogP contribution in [0.1, 0.15) is 24.5 Å². The van der Waals surface area contributed by atoms with E-state index in [1.165, 1.54) is 22.9 Å². The molecule has 3 heterocycles. The van der Waals surface area contributed by atoms with Crippen molar-refractivity contribution < 1.29 is 9.21 Å². The molecule has 5 rings (SSSR count). The van der Waals surface area contributed by atoms with E-state index in [1.54, 1.807) is 24.4 Å². The van der Waals surface area contributed by atoms with E-state index >= 15 is 0 Å². The first-order valence-corrected chi connectivity index (χ1v) is 11.5. The van der Waals surface area contributed by atoms with Gasteiger partial charge in [0.05, 0.1) is 21.9 Å². The van der Waals surface area contributed by atoms with Crippen LogP contribution in [0.5, 0.6) is 0 Å². The maximum absolute atomic E-state index is 13.7. The normalized spacial score (nSPS) is 13.1. The Morgan fingerprint density at radius 3 is 2.50 bits per heavy atom. The van der Waals surface area contributed by atoms with Crippen molar-refractivity contribution in [3.8, 4) is 28.3 Å². The summed E-state index contributed by atoms with van der Waals surface area (Å²) < 4.78 is 6.70. The Bertz CT molecular complexity index is 1460. The van der Waals surface area contributed by atoms with Crippen LogP contribution in [0.25, 0.3) is 28.3 Å². The van der Waals surface area contributed by atoms with E-state index in [2.05, 4.69) is 4.98 Å². The summed E-state index contributed by atoms with van der Waals surface area (Å²) in [5, 5.41) is 5.32. The fourth-order valence-electron chi connectivity index (χ4n) is 4.40. The first-order valence-electron chi connectivity index (χ1n) is 10.7. The molecule has 0 fully saturated rings. The topological polar surface area (TPSA) is 81.2 Å². The van der Waals surface area contributed by atoms with E-state index in [0.717, 1.165) is 28.7 Å². The molecule has 1 aliphatic rings. The van der Waals surface area contributed by atoms with Gasteiger partial charge in [-0.2, -0.15) is 9.78 Å². The fourth-order valence-corrected chi connectivity index (χ4v) is 4.96. The molecule has 7 nitrogen and oxygen atoms in total. The number of benzene rings is 2. The average Bonchev–Trinajstić information content (AvgIpc) is 3.34. The maximum atomic E-state index is 13.7. The zero-order chi connectivity index (χ0) is 24.0. The number of hydrogen-bond donors (Lipinski definition) is 0. The molecule has 1 aliphatic heterocycles. The van der Waals surface area contributed by atoms with Crippen LogP contribution in [0.15, 0.2) is 58.2 Å². The zero-order valence-corrected chi connectivity index (χ0v) is 20.0. The van der Waals surface area contributed by atoms with Gasteiger partial charge < -0.3 is 9.32 Å². The van der Waals surface area contributed by atoms with Crippen LogP contribution in [-0.4, -0.2) is 27.2 Å². The van der Waals surface area contributed by atoms with Crippen molar-refractivity contribution in [1.29, 1.82) is 0 Å². The molecule has 9 heteroatoms. The Labute approximate surface area is 205 Å². The van der Waals surface area contributed by atoms with Gasteiger partial charge in [-0.25, -0.2) is 4.98 Å². The molecule has 0 saturated carbocycles. The monoisotopic (exact) mass is 494 g/mol. The highest BCUT2D eigenvalue weighted by Crippen LogP contribution is 2.36. The minimum Gasteiger partial charge on any atom is -0.444 e. The number of rotatable bonds is 3. The third kappa shape index (κ3) is 3.81. The van der Waals surface area contributed by atoms with E-state index in [4.69, 9.17) is 32.7 Å². The zero-order valence-electron chi connectivity index (χ0n) is 18.5. The number of carbonyl (C=O) groups excluding carboxylic acids is 1. The first-order chi connectivity index (χ1) is 16.3. The van der Waals surface area contributed by atoms with Gasteiger partial charge in [0.25, 0.3) is 5.56 Å². The first kappa shape index (κ1) is 22.4. The molecule has 0 saturated heterocycles. The van der Waals surface area contributed by atoms with Gasteiger partial charge in [-0.15, -0.1) is 0 Å². The Balaban J connectivity index is 1.85. The van der Waals surface area contributed by atoms with E-state index in [0.29, 0.717) is 30.1 Å². The minimum absolute atomic E-state index is 0.210. The number of fused-ring (bicyclic) bond motifs is 1. The number of nitrogens with zero attached hydrogens (tertiary/aromatic N) is 4. The minimum atomic E-state index is -0.438. The quantitative estimate of drug-likeness (QED) is 0.377. The number of amides is 1. The molecule has 2 aromatic carbocycles. The van der Waals surface area contributed by atoms with E-state index < -0.39 is 5.56 Å². The lowest BCUT2D eigenvalue weighted by molar-refractivity contribution is -0.116. The van der Waals surface area contributed by atoms with E-state index in [9.17, 15) is 9.59 Å². The molecule has 1 amide bonds. The molecule has 0 aliphatic carbocycles. The van der Waals surface area contributed by atoms with Crippen LogP contribution in [0.2, 0.25) is 10.0 Å². The standard InChI is InChI=1S/C25H20Cl2N4O3/c1-14-9-16(21-12-28-13-34-21)11-17(10-14)22-18-5-4-8-30(15(2)32)23(18)25(33)31(29-22)24-19(26)6-3-7-20(24)27/h3,6-7,9-13H,4-5,8H2,1-2H3. The summed E-state index contributed by atoms with van der Waals surface area (Å²) in [5.74, 6) is 0.408. The summed E-state index contributed by atoms with van der Waals surface area (Å²) in [5.41, 5.74) is 4.04. The van der Waals surface area contributed by atoms with Gasteiger partial charge in [-0.1, -0.05) is 29.3 Å². The lowest BCUT2D eigenvalue weighted by Crippen LogP contribution is -2.41. The lowest BCUT2D eigenvalue weighted by atomic mass is 9.95. The number of anilines is 1. The van der Waals surface area contributed by atoms with Gasteiger partial charge in [0, 0.05) is 30.2 Å². The van der Waals surface area contributed by atoms with Crippen molar-refractivity contribution in [1.82, 2.24) is 14.8 Å². The van der Waals surface area contributed by atoms with Crippen LogP contribution in [0.4, 0.5) is 5.69 Å². The number of halogens is 2. The van der Waals surface area contributed by atoms with E-state index in [1.807, 2.05) is 25.1 Å². The number of aromatic nitrogens is 3. The number of hydrogen-bond acceptors (Lipinski definition) is 5. The van der Waals surface area contributed by atoms with E-state index in [-0.39, 0.29) is 21.6 Å². The molecule has 34 heavy (non-hydrogen) atoms. The van der Waals surface area contributed by atoms with Crippen LogP contribution < -0.4 is 10.5 Å². The van der Waals surface area contributed by atoms with Gasteiger partial charge >= 0.3 is 0 Å². The second kappa shape index (κ2) is 8.74. The van der Waals surface area contributed by atoms with Crippen LogP contribution in [0.3, 0.4) is 0 Å². The molecule has 172 valence electrons.